The molecule has 15 heavy (non-hydrogen) atoms. The number of aliphatic hydroxyl groups is 1. The lowest BCUT2D eigenvalue weighted by atomic mass is 9.95. The SMILES string of the molecule is OC(c1cccc(Br)c1)[C@@H]1CCCCN1. The molecule has 0 aliphatic carbocycles. The van der Waals surface area contributed by atoms with Gasteiger partial charge in [0.15, 0.2) is 0 Å². The summed E-state index contributed by atoms with van der Waals surface area (Å²) < 4.78 is 1.02. The number of nitrogens with one attached hydrogen (secondary N) is 1. The maximum atomic E-state index is 10.2. The van der Waals surface area contributed by atoms with Gasteiger partial charge in [0.1, 0.15) is 0 Å². The Labute approximate surface area is 98.8 Å². The molecule has 1 aromatic rings. The Hall–Kier alpha value is -0.380. The highest BCUT2D eigenvalue weighted by atomic mass is 79.9. The van der Waals surface area contributed by atoms with E-state index >= 15 is 0 Å². The minimum absolute atomic E-state index is 0.216. The van der Waals surface area contributed by atoms with E-state index in [-0.39, 0.29) is 12.1 Å². The van der Waals surface area contributed by atoms with Gasteiger partial charge in [-0.3, -0.25) is 0 Å². The molecule has 1 unspecified atom stereocenters. The van der Waals surface area contributed by atoms with E-state index in [4.69, 9.17) is 0 Å². The molecule has 2 N–H and O–H groups in total. The zero-order valence-corrected chi connectivity index (χ0v) is 10.2. The van der Waals surface area contributed by atoms with Crippen LogP contribution in [0.2, 0.25) is 0 Å². The minimum Gasteiger partial charge on any atom is -0.387 e. The normalized spacial score (nSPS) is 23.7. The van der Waals surface area contributed by atoms with Crippen molar-refractivity contribution in [2.45, 2.75) is 31.4 Å². The number of aliphatic hydroxyl groups excluding tert-OH is 1. The van der Waals surface area contributed by atoms with Gasteiger partial charge in [0.25, 0.3) is 0 Å². The number of hydrogen-bond donors (Lipinski definition) is 2. The van der Waals surface area contributed by atoms with Gasteiger partial charge in [0, 0.05) is 10.5 Å². The molecule has 3 heteroatoms. The first-order valence-corrected chi connectivity index (χ1v) is 6.23. The van der Waals surface area contributed by atoms with Crippen LogP contribution in [0.15, 0.2) is 28.7 Å². The third-order valence-corrected chi connectivity index (χ3v) is 3.41. The Bertz CT molecular complexity index is 323. The molecule has 2 nitrogen and oxygen atoms in total. The van der Waals surface area contributed by atoms with E-state index in [0.717, 1.165) is 23.0 Å². The smallest absolute Gasteiger partial charge is 0.0943 e. The summed E-state index contributed by atoms with van der Waals surface area (Å²) in [7, 11) is 0. The van der Waals surface area contributed by atoms with Gasteiger partial charge in [0.05, 0.1) is 6.10 Å². The third-order valence-electron chi connectivity index (χ3n) is 2.92. The molecule has 2 rings (SSSR count). The zero-order chi connectivity index (χ0) is 10.7. The second kappa shape index (κ2) is 5.10. The molecule has 0 spiro atoms. The van der Waals surface area contributed by atoms with Crippen LogP contribution in [0, 0.1) is 0 Å². The summed E-state index contributed by atoms with van der Waals surface area (Å²) in [5.74, 6) is 0. The van der Waals surface area contributed by atoms with Crippen molar-refractivity contribution >= 4 is 15.9 Å². The molecule has 82 valence electrons. The van der Waals surface area contributed by atoms with E-state index in [1.165, 1.54) is 12.8 Å². The van der Waals surface area contributed by atoms with Crippen molar-refractivity contribution < 1.29 is 5.11 Å². The van der Waals surface area contributed by atoms with E-state index < -0.39 is 0 Å². The van der Waals surface area contributed by atoms with Crippen molar-refractivity contribution in [2.24, 2.45) is 0 Å². The van der Waals surface area contributed by atoms with Crippen molar-refractivity contribution in [1.29, 1.82) is 0 Å². The fourth-order valence-corrected chi connectivity index (χ4v) is 2.49. The maximum absolute atomic E-state index is 10.2. The van der Waals surface area contributed by atoms with Crippen LogP contribution in [0.5, 0.6) is 0 Å². The van der Waals surface area contributed by atoms with Crippen molar-refractivity contribution in [3.8, 4) is 0 Å². The van der Waals surface area contributed by atoms with Crippen LogP contribution in [0.25, 0.3) is 0 Å². The maximum Gasteiger partial charge on any atom is 0.0943 e. The number of hydrogen-bond acceptors (Lipinski definition) is 2. The molecule has 0 amide bonds. The quantitative estimate of drug-likeness (QED) is 0.865. The third kappa shape index (κ3) is 2.80. The highest BCUT2D eigenvalue weighted by molar-refractivity contribution is 9.10. The van der Waals surface area contributed by atoms with Gasteiger partial charge in [-0.1, -0.05) is 34.5 Å². The molecular weight excluding hydrogens is 254 g/mol. The summed E-state index contributed by atoms with van der Waals surface area (Å²) in [4.78, 5) is 0. The Morgan fingerprint density at radius 2 is 2.27 bits per heavy atom. The Morgan fingerprint density at radius 3 is 2.93 bits per heavy atom. The molecule has 0 radical (unpaired) electrons. The first-order valence-electron chi connectivity index (χ1n) is 5.44. The molecule has 0 aromatic heterocycles. The van der Waals surface area contributed by atoms with Gasteiger partial charge in [-0.25, -0.2) is 0 Å². The Kier molecular flexibility index (Phi) is 3.78. The monoisotopic (exact) mass is 269 g/mol. The lowest BCUT2D eigenvalue weighted by Crippen LogP contribution is -2.38. The first kappa shape index (κ1) is 11.1. The highest BCUT2D eigenvalue weighted by Crippen LogP contribution is 2.24. The molecule has 1 heterocycles. The molecule has 1 aromatic carbocycles. The van der Waals surface area contributed by atoms with E-state index in [1.807, 2.05) is 24.3 Å². The lowest BCUT2D eigenvalue weighted by Gasteiger charge is -2.28. The van der Waals surface area contributed by atoms with Gasteiger partial charge >= 0.3 is 0 Å². The molecule has 1 aliphatic heterocycles. The van der Waals surface area contributed by atoms with Crippen molar-refractivity contribution in [3.63, 3.8) is 0 Å². The van der Waals surface area contributed by atoms with Crippen LogP contribution < -0.4 is 5.32 Å². The molecule has 1 fully saturated rings. The van der Waals surface area contributed by atoms with E-state index in [0.29, 0.717) is 0 Å². The summed E-state index contributed by atoms with van der Waals surface area (Å²) >= 11 is 3.42. The minimum atomic E-state index is -0.386. The highest BCUT2D eigenvalue weighted by Gasteiger charge is 2.22. The standard InChI is InChI=1S/C12H16BrNO/c13-10-5-3-4-9(8-10)12(15)11-6-1-2-7-14-11/h3-5,8,11-12,14-15H,1-2,6-7H2/t11-,12?/m0/s1. The fraction of sp³-hybridized carbons (Fsp3) is 0.500. The van der Waals surface area contributed by atoms with Gasteiger partial charge in [-0.05, 0) is 37.1 Å². The first-order chi connectivity index (χ1) is 7.27. The van der Waals surface area contributed by atoms with Crippen LogP contribution in [-0.4, -0.2) is 17.7 Å². The van der Waals surface area contributed by atoms with Gasteiger partial charge < -0.3 is 10.4 Å². The average Bonchev–Trinajstić information content (AvgIpc) is 2.29. The largest absolute Gasteiger partial charge is 0.387 e. The van der Waals surface area contributed by atoms with E-state index in [1.54, 1.807) is 0 Å². The van der Waals surface area contributed by atoms with Crippen LogP contribution in [-0.2, 0) is 0 Å². The lowest BCUT2D eigenvalue weighted by molar-refractivity contribution is 0.114. The van der Waals surface area contributed by atoms with E-state index in [2.05, 4.69) is 21.2 Å². The van der Waals surface area contributed by atoms with Crippen molar-refractivity contribution in [1.82, 2.24) is 5.32 Å². The van der Waals surface area contributed by atoms with Gasteiger partial charge in [-0.2, -0.15) is 0 Å². The van der Waals surface area contributed by atoms with Crippen LogP contribution in [0.3, 0.4) is 0 Å². The summed E-state index contributed by atoms with van der Waals surface area (Å²) in [5.41, 5.74) is 0.990. The summed E-state index contributed by atoms with van der Waals surface area (Å²) in [6, 6.07) is 8.12. The molecule has 0 saturated carbocycles. The molecule has 2 atom stereocenters. The predicted octanol–water partition coefficient (Wildman–Crippen LogP) is 2.62. The molecule has 1 saturated heterocycles. The topological polar surface area (TPSA) is 32.3 Å². The number of rotatable bonds is 2. The summed E-state index contributed by atoms with van der Waals surface area (Å²) in [6.45, 7) is 1.02. The van der Waals surface area contributed by atoms with Gasteiger partial charge in [0.2, 0.25) is 0 Å². The number of piperidine rings is 1. The van der Waals surface area contributed by atoms with Crippen molar-refractivity contribution in [3.05, 3.63) is 34.3 Å². The number of halogens is 1. The van der Waals surface area contributed by atoms with Crippen molar-refractivity contribution in [2.75, 3.05) is 6.54 Å². The second-order valence-electron chi connectivity index (χ2n) is 4.06. The summed E-state index contributed by atoms with van der Waals surface area (Å²) in [5, 5.41) is 13.6. The average molecular weight is 270 g/mol. The van der Waals surface area contributed by atoms with E-state index in [9.17, 15) is 5.11 Å². The molecular formula is C12H16BrNO. The Balaban J connectivity index is 2.08. The second-order valence-corrected chi connectivity index (χ2v) is 4.97. The van der Waals surface area contributed by atoms with Crippen LogP contribution in [0.4, 0.5) is 0 Å². The fourth-order valence-electron chi connectivity index (χ4n) is 2.07. The predicted molar refractivity (Wildman–Crippen MR) is 64.7 cm³/mol. The summed E-state index contributed by atoms with van der Waals surface area (Å²) in [6.07, 6.45) is 3.11. The van der Waals surface area contributed by atoms with Gasteiger partial charge in [-0.15, -0.1) is 0 Å². The Morgan fingerprint density at radius 1 is 1.40 bits per heavy atom. The molecule has 0 bridgehead atoms. The van der Waals surface area contributed by atoms with Crippen LogP contribution in [0.1, 0.15) is 30.9 Å². The zero-order valence-electron chi connectivity index (χ0n) is 8.62. The number of benzene rings is 1. The molecule has 1 aliphatic rings. The van der Waals surface area contributed by atoms with Crippen LogP contribution >= 0.6 is 15.9 Å².